The molecule has 0 heterocycles. The zero-order valence-corrected chi connectivity index (χ0v) is 10.9. The maximum absolute atomic E-state index is 13.7. The summed E-state index contributed by atoms with van der Waals surface area (Å²) in [6.07, 6.45) is 0.898. The van der Waals surface area contributed by atoms with Crippen molar-refractivity contribution in [3.05, 3.63) is 34.1 Å². The lowest BCUT2D eigenvalue weighted by Gasteiger charge is -2.24. The number of benzene rings is 1. The van der Waals surface area contributed by atoms with Crippen molar-refractivity contribution in [3.8, 4) is 6.07 Å². The van der Waals surface area contributed by atoms with E-state index in [0.717, 1.165) is 6.42 Å². The molecular weight excluding hydrogens is 271 g/mol. The first-order valence-electron chi connectivity index (χ1n) is 5.15. The van der Waals surface area contributed by atoms with E-state index in [2.05, 4.69) is 27.3 Å². The number of nitriles is 1. The minimum atomic E-state index is -0.971. The lowest BCUT2D eigenvalue weighted by molar-refractivity contribution is 0.441. The number of halogens is 2. The zero-order valence-electron chi connectivity index (χ0n) is 9.35. The van der Waals surface area contributed by atoms with E-state index in [1.54, 1.807) is 19.1 Å². The van der Waals surface area contributed by atoms with Crippen LogP contribution in [0, 0.1) is 17.1 Å². The number of hydrogen-bond acceptors (Lipinski definition) is 2. The molecule has 0 saturated heterocycles. The van der Waals surface area contributed by atoms with Crippen molar-refractivity contribution >= 4 is 15.9 Å². The molecule has 16 heavy (non-hydrogen) atoms. The second kappa shape index (κ2) is 5.42. The van der Waals surface area contributed by atoms with Crippen molar-refractivity contribution in [1.82, 2.24) is 5.32 Å². The van der Waals surface area contributed by atoms with Crippen LogP contribution < -0.4 is 5.32 Å². The highest BCUT2D eigenvalue weighted by molar-refractivity contribution is 9.10. The molecule has 2 nitrogen and oxygen atoms in total. The molecule has 0 aliphatic heterocycles. The van der Waals surface area contributed by atoms with Gasteiger partial charge in [0.05, 0.1) is 6.07 Å². The fraction of sp³-hybridized carbons (Fsp3) is 0.417. The first-order chi connectivity index (χ1) is 7.53. The van der Waals surface area contributed by atoms with Gasteiger partial charge in [0.1, 0.15) is 11.4 Å². The number of nitrogens with zero attached hydrogens (tertiary/aromatic N) is 1. The molecule has 0 aromatic heterocycles. The monoisotopic (exact) mass is 284 g/mol. The van der Waals surface area contributed by atoms with E-state index in [0.29, 0.717) is 16.6 Å². The van der Waals surface area contributed by atoms with Crippen LogP contribution in [0.2, 0.25) is 0 Å². The minimum Gasteiger partial charge on any atom is -0.296 e. The topological polar surface area (TPSA) is 35.8 Å². The molecule has 1 unspecified atom stereocenters. The SMILES string of the molecule is CCCNC(C)(C#N)c1ccc(Br)cc1F. The lowest BCUT2D eigenvalue weighted by Crippen LogP contribution is -2.39. The summed E-state index contributed by atoms with van der Waals surface area (Å²) in [7, 11) is 0. The highest BCUT2D eigenvalue weighted by atomic mass is 79.9. The van der Waals surface area contributed by atoms with Crippen LogP contribution in [0.3, 0.4) is 0 Å². The van der Waals surface area contributed by atoms with E-state index in [1.165, 1.54) is 6.07 Å². The third-order valence-electron chi connectivity index (χ3n) is 2.42. The molecule has 0 saturated carbocycles. The molecular formula is C12H14BrFN2. The largest absolute Gasteiger partial charge is 0.296 e. The van der Waals surface area contributed by atoms with Crippen LogP contribution in [0.1, 0.15) is 25.8 Å². The van der Waals surface area contributed by atoms with Crippen molar-refractivity contribution in [2.24, 2.45) is 0 Å². The Bertz CT molecular complexity index is 414. The van der Waals surface area contributed by atoms with Gasteiger partial charge in [0, 0.05) is 10.0 Å². The molecule has 0 amide bonds. The minimum absolute atomic E-state index is 0.373. The van der Waals surface area contributed by atoms with E-state index in [-0.39, 0.29) is 5.82 Å². The van der Waals surface area contributed by atoms with Crippen molar-refractivity contribution in [2.45, 2.75) is 25.8 Å². The van der Waals surface area contributed by atoms with Crippen LogP contribution in [0.5, 0.6) is 0 Å². The summed E-state index contributed by atoms with van der Waals surface area (Å²) in [5.74, 6) is -0.373. The Kier molecular flexibility index (Phi) is 4.45. The van der Waals surface area contributed by atoms with Crippen LogP contribution in [-0.4, -0.2) is 6.54 Å². The third kappa shape index (κ3) is 2.81. The molecule has 86 valence electrons. The fourth-order valence-corrected chi connectivity index (χ4v) is 1.80. The van der Waals surface area contributed by atoms with Crippen molar-refractivity contribution in [2.75, 3.05) is 6.54 Å². The lowest BCUT2D eigenvalue weighted by atomic mass is 9.93. The molecule has 0 bridgehead atoms. The van der Waals surface area contributed by atoms with Gasteiger partial charge in [-0.2, -0.15) is 5.26 Å². The second-order valence-corrected chi connectivity index (χ2v) is 4.70. The van der Waals surface area contributed by atoms with Crippen LogP contribution in [0.25, 0.3) is 0 Å². The predicted octanol–water partition coefficient (Wildman–Crippen LogP) is 3.33. The Hall–Kier alpha value is -0.920. The fourth-order valence-electron chi connectivity index (χ4n) is 1.46. The predicted molar refractivity (Wildman–Crippen MR) is 65.4 cm³/mol. The smallest absolute Gasteiger partial charge is 0.132 e. The summed E-state index contributed by atoms with van der Waals surface area (Å²) in [6.45, 7) is 4.37. The molecule has 1 aromatic carbocycles. The second-order valence-electron chi connectivity index (χ2n) is 3.79. The highest BCUT2D eigenvalue weighted by Gasteiger charge is 2.28. The first-order valence-corrected chi connectivity index (χ1v) is 5.94. The van der Waals surface area contributed by atoms with Crippen LogP contribution >= 0.6 is 15.9 Å². The summed E-state index contributed by atoms with van der Waals surface area (Å²) in [5, 5.41) is 12.2. The van der Waals surface area contributed by atoms with Crippen LogP contribution in [-0.2, 0) is 5.54 Å². The molecule has 1 atom stereocenters. The van der Waals surface area contributed by atoms with E-state index in [9.17, 15) is 4.39 Å². The van der Waals surface area contributed by atoms with Crippen molar-refractivity contribution in [1.29, 1.82) is 5.26 Å². The maximum Gasteiger partial charge on any atom is 0.132 e. The van der Waals surface area contributed by atoms with E-state index >= 15 is 0 Å². The van der Waals surface area contributed by atoms with Gasteiger partial charge in [0.15, 0.2) is 0 Å². The van der Waals surface area contributed by atoms with Gasteiger partial charge in [-0.1, -0.05) is 28.9 Å². The summed E-state index contributed by atoms with van der Waals surface area (Å²) < 4.78 is 14.4. The van der Waals surface area contributed by atoms with Gasteiger partial charge in [-0.15, -0.1) is 0 Å². The first kappa shape index (κ1) is 13.1. The van der Waals surface area contributed by atoms with Gasteiger partial charge >= 0.3 is 0 Å². The van der Waals surface area contributed by atoms with Gasteiger partial charge in [-0.25, -0.2) is 4.39 Å². The number of hydrogen-bond donors (Lipinski definition) is 1. The Morgan fingerprint density at radius 2 is 2.25 bits per heavy atom. The molecule has 4 heteroatoms. The van der Waals surface area contributed by atoms with Crippen molar-refractivity contribution < 1.29 is 4.39 Å². The van der Waals surface area contributed by atoms with E-state index in [1.807, 2.05) is 6.92 Å². The highest BCUT2D eigenvalue weighted by Crippen LogP contribution is 2.25. The van der Waals surface area contributed by atoms with Gasteiger partial charge in [0.2, 0.25) is 0 Å². The summed E-state index contributed by atoms with van der Waals surface area (Å²) in [4.78, 5) is 0. The Labute approximate surface area is 104 Å². The Morgan fingerprint density at radius 1 is 1.56 bits per heavy atom. The Balaban J connectivity index is 3.08. The average Bonchev–Trinajstić information content (AvgIpc) is 2.26. The standard InChI is InChI=1S/C12H14BrFN2/c1-3-6-16-12(2,8-15)10-5-4-9(13)7-11(10)14/h4-5,7,16H,3,6H2,1-2H3. The number of rotatable bonds is 4. The van der Waals surface area contributed by atoms with Gasteiger partial charge in [-0.3, -0.25) is 5.32 Å². The average molecular weight is 285 g/mol. The molecule has 0 spiro atoms. The zero-order chi connectivity index (χ0) is 12.2. The van der Waals surface area contributed by atoms with Crippen LogP contribution in [0.15, 0.2) is 22.7 Å². The van der Waals surface area contributed by atoms with Crippen LogP contribution in [0.4, 0.5) is 4.39 Å². The summed E-state index contributed by atoms with van der Waals surface area (Å²) in [6, 6.07) is 6.86. The molecule has 0 aliphatic rings. The van der Waals surface area contributed by atoms with Gasteiger partial charge < -0.3 is 0 Å². The van der Waals surface area contributed by atoms with Gasteiger partial charge in [-0.05, 0) is 32.0 Å². The molecule has 1 N–H and O–H groups in total. The summed E-state index contributed by atoms with van der Waals surface area (Å²) in [5.41, 5.74) is -0.590. The van der Waals surface area contributed by atoms with E-state index < -0.39 is 5.54 Å². The van der Waals surface area contributed by atoms with E-state index in [4.69, 9.17) is 5.26 Å². The molecule has 0 aliphatic carbocycles. The quantitative estimate of drug-likeness (QED) is 0.921. The van der Waals surface area contributed by atoms with Crippen molar-refractivity contribution in [3.63, 3.8) is 0 Å². The summed E-state index contributed by atoms with van der Waals surface area (Å²) >= 11 is 3.19. The number of nitrogens with one attached hydrogen (secondary N) is 1. The maximum atomic E-state index is 13.7. The van der Waals surface area contributed by atoms with Gasteiger partial charge in [0.25, 0.3) is 0 Å². The molecule has 0 fully saturated rings. The third-order valence-corrected chi connectivity index (χ3v) is 2.92. The Morgan fingerprint density at radius 3 is 2.75 bits per heavy atom. The molecule has 0 radical (unpaired) electrons. The normalized spacial score (nSPS) is 14.2. The molecule has 1 aromatic rings. The molecule has 1 rings (SSSR count).